The van der Waals surface area contributed by atoms with Crippen LogP contribution in [-0.2, 0) is 9.59 Å². The van der Waals surface area contributed by atoms with Gasteiger partial charge in [-0.1, -0.05) is 0 Å². The van der Waals surface area contributed by atoms with E-state index in [1.54, 1.807) is 0 Å². The van der Waals surface area contributed by atoms with Crippen molar-refractivity contribution in [1.82, 2.24) is 4.90 Å². The number of carbonyl (C=O) groups excluding carboxylic acids is 1. The van der Waals surface area contributed by atoms with Gasteiger partial charge < -0.3 is 14.7 Å². The smallest absolute Gasteiger partial charge is 0.308 e. The number of benzene rings is 1. The summed E-state index contributed by atoms with van der Waals surface area (Å²) in [5.41, 5.74) is -0.0578. The maximum Gasteiger partial charge on any atom is 0.308 e. The Kier molecular flexibility index (Phi) is 5.15. The van der Waals surface area contributed by atoms with Gasteiger partial charge in [-0.25, -0.2) is 0 Å². The Morgan fingerprint density at radius 3 is 2.57 bits per heavy atom. The number of carboxylic acid groups (broad SMARTS) is 1. The van der Waals surface area contributed by atoms with Gasteiger partial charge in [-0.2, -0.15) is 0 Å². The molecule has 8 heteroatoms. The number of amides is 1. The van der Waals surface area contributed by atoms with Gasteiger partial charge in [-0.05, 0) is 31.9 Å². The highest BCUT2D eigenvalue weighted by Gasteiger charge is 2.32. The Balaban J connectivity index is 1.92. The van der Waals surface area contributed by atoms with E-state index in [-0.39, 0.29) is 30.8 Å². The second-order valence-electron chi connectivity index (χ2n) is 5.55. The molecule has 1 fully saturated rings. The van der Waals surface area contributed by atoms with E-state index in [2.05, 4.69) is 0 Å². The summed E-state index contributed by atoms with van der Waals surface area (Å²) >= 11 is 0. The number of aliphatic carboxylic acids is 1. The number of carbonyl (C=O) groups is 2. The summed E-state index contributed by atoms with van der Waals surface area (Å²) in [5, 5.41) is 19.6. The van der Waals surface area contributed by atoms with Crippen molar-refractivity contribution >= 4 is 17.6 Å². The number of ether oxygens (including phenoxy) is 1. The molecule has 0 saturated carbocycles. The van der Waals surface area contributed by atoms with Crippen LogP contribution in [0.3, 0.4) is 0 Å². The van der Waals surface area contributed by atoms with E-state index in [0.717, 1.165) is 0 Å². The number of likely N-dealkylation sites (tertiary alicyclic amines) is 1. The van der Waals surface area contributed by atoms with Crippen LogP contribution in [0.5, 0.6) is 5.75 Å². The summed E-state index contributed by atoms with van der Waals surface area (Å²) in [6.45, 7) is 1.83. The zero-order valence-corrected chi connectivity index (χ0v) is 12.7. The highest BCUT2D eigenvalue weighted by molar-refractivity contribution is 5.79. The lowest BCUT2D eigenvalue weighted by atomic mass is 9.93. The zero-order valence-electron chi connectivity index (χ0n) is 12.7. The standard InChI is InChI=1S/C15H18N2O6/c1-10-2-3-11(15(19)20)8-16(10)14(18)9-23-13-6-4-12(5-7-13)17(21)22/h4-7,10-11H,2-3,8-9H2,1H3,(H,19,20). The topological polar surface area (TPSA) is 110 Å². The molecule has 1 saturated heterocycles. The average molecular weight is 322 g/mol. The Labute approximate surface area is 132 Å². The molecule has 2 rings (SSSR count). The number of hydrogen-bond acceptors (Lipinski definition) is 5. The van der Waals surface area contributed by atoms with Gasteiger partial charge in [0.25, 0.3) is 11.6 Å². The summed E-state index contributed by atoms with van der Waals surface area (Å²) in [5.74, 6) is -1.38. The molecule has 23 heavy (non-hydrogen) atoms. The van der Waals surface area contributed by atoms with E-state index >= 15 is 0 Å². The SMILES string of the molecule is CC1CCC(C(=O)O)CN1C(=O)COc1ccc([N+](=O)[O-])cc1. The maximum absolute atomic E-state index is 12.2. The molecule has 1 aromatic carbocycles. The molecule has 1 aliphatic rings. The third-order valence-electron chi connectivity index (χ3n) is 3.96. The van der Waals surface area contributed by atoms with E-state index in [1.165, 1.54) is 29.2 Å². The van der Waals surface area contributed by atoms with Crippen LogP contribution in [0.15, 0.2) is 24.3 Å². The number of nitrogens with zero attached hydrogens (tertiary/aromatic N) is 2. The predicted molar refractivity (Wildman–Crippen MR) is 80.1 cm³/mol. The van der Waals surface area contributed by atoms with E-state index in [0.29, 0.717) is 18.6 Å². The van der Waals surface area contributed by atoms with E-state index in [9.17, 15) is 19.7 Å². The minimum atomic E-state index is -0.897. The van der Waals surface area contributed by atoms with Gasteiger partial charge in [0.1, 0.15) is 5.75 Å². The number of rotatable bonds is 5. The van der Waals surface area contributed by atoms with Crippen molar-refractivity contribution in [3.05, 3.63) is 34.4 Å². The van der Waals surface area contributed by atoms with E-state index in [1.807, 2.05) is 6.92 Å². The molecule has 0 bridgehead atoms. The highest BCUT2D eigenvalue weighted by atomic mass is 16.6. The molecule has 8 nitrogen and oxygen atoms in total. The summed E-state index contributed by atoms with van der Waals surface area (Å²) in [4.78, 5) is 34.9. The third-order valence-corrected chi connectivity index (χ3v) is 3.96. The van der Waals surface area contributed by atoms with Gasteiger partial charge in [-0.15, -0.1) is 0 Å². The molecule has 2 atom stereocenters. The molecule has 1 aromatic rings. The average Bonchev–Trinajstić information content (AvgIpc) is 2.53. The molecule has 1 amide bonds. The largest absolute Gasteiger partial charge is 0.484 e. The van der Waals surface area contributed by atoms with Gasteiger partial charge >= 0.3 is 5.97 Å². The van der Waals surface area contributed by atoms with Crippen LogP contribution in [0.2, 0.25) is 0 Å². The number of nitro groups is 1. The number of nitro benzene ring substituents is 1. The molecular formula is C15H18N2O6. The van der Waals surface area contributed by atoms with Crippen LogP contribution in [-0.4, -0.2) is 46.0 Å². The Bertz CT molecular complexity index is 600. The summed E-state index contributed by atoms with van der Waals surface area (Å²) in [7, 11) is 0. The molecule has 1 aliphatic heterocycles. The molecule has 1 heterocycles. The van der Waals surface area contributed by atoms with Crippen molar-refractivity contribution < 1.29 is 24.4 Å². The fourth-order valence-electron chi connectivity index (χ4n) is 2.55. The van der Waals surface area contributed by atoms with Crippen molar-refractivity contribution in [2.45, 2.75) is 25.8 Å². The van der Waals surface area contributed by atoms with Gasteiger partial charge in [0.05, 0.1) is 10.8 Å². The van der Waals surface area contributed by atoms with Crippen molar-refractivity contribution in [1.29, 1.82) is 0 Å². The quantitative estimate of drug-likeness (QED) is 0.652. The Morgan fingerprint density at radius 2 is 2.00 bits per heavy atom. The number of carboxylic acids is 1. The number of piperidine rings is 1. The van der Waals surface area contributed by atoms with Crippen LogP contribution in [0.25, 0.3) is 0 Å². The molecule has 0 spiro atoms. The first-order valence-electron chi connectivity index (χ1n) is 7.28. The third kappa shape index (κ3) is 4.18. The Morgan fingerprint density at radius 1 is 1.35 bits per heavy atom. The first kappa shape index (κ1) is 16.7. The molecule has 0 radical (unpaired) electrons. The molecular weight excluding hydrogens is 304 g/mol. The minimum Gasteiger partial charge on any atom is -0.484 e. The lowest BCUT2D eigenvalue weighted by Gasteiger charge is -2.36. The lowest BCUT2D eigenvalue weighted by molar-refractivity contribution is -0.384. The Hall–Kier alpha value is -2.64. The van der Waals surface area contributed by atoms with Crippen molar-refractivity contribution in [3.8, 4) is 5.75 Å². The summed E-state index contributed by atoms with van der Waals surface area (Å²) in [6, 6.07) is 5.41. The van der Waals surface area contributed by atoms with Gasteiger partial charge in [0, 0.05) is 24.7 Å². The predicted octanol–water partition coefficient (Wildman–Crippen LogP) is 1.69. The van der Waals surface area contributed by atoms with Crippen LogP contribution in [0.1, 0.15) is 19.8 Å². The number of hydrogen-bond donors (Lipinski definition) is 1. The van der Waals surface area contributed by atoms with Crippen LogP contribution < -0.4 is 4.74 Å². The van der Waals surface area contributed by atoms with E-state index in [4.69, 9.17) is 9.84 Å². The van der Waals surface area contributed by atoms with Gasteiger partial charge in [0.2, 0.25) is 0 Å². The minimum absolute atomic E-state index is 0.0291. The molecule has 2 unspecified atom stereocenters. The van der Waals surface area contributed by atoms with Crippen LogP contribution >= 0.6 is 0 Å². The molecule has 124 valence electrons. The lowest BCUT2D eigenvalue weighted by Crippen LogP contribution is -2.49. The van der Waals surface area contributed by atoms with Crippen molar-refractivity contribution in [2.75, 3.05) is 13.2 Å². The fourth-order valence-corrected chi connectivity index (χ4v) is 2.55. The van der Waals surface area contributed by atoms with Crippen LogP contribution in [0, 0.1) is 16.0 Å². The molecule has 0 aromatic heterocycles. The maximum atomic E-state index is 12.2. The second kappa shape index (κ2) is 7.08. The first-order valence-corrected chi connectivity index (χ1v) is 7.28. The molecule has 1 N–H and O–H groups in total. The summed E-state index contributed by atoms with van der Waals surface area (Å²) in [6.07, 6.45) is 1.20. The van der Waals surface area contributed by atoms with Crippen molar-refractivity contribution in [2.24, 2.45) is 5.92 Å². The van der Waals surface area contributed by atoms with Crippen molar-refractivity contribution in [3.63, 3.8) is 0 Å². The second-order valence-corrected chi connectivity index (χ2v) is 5.55. The molecule has 0 aliphatic carbocycles. The zero-order chi connectivity index (χ0) is 17.0. The number of non-ortho nitro benzene ring substituents is 1. The normalized spacial score (nSPS) is 20.8. The first-order chi connectivity index (χ1) is 10.9. The summed E-state index contributed by atoms with van der Waals surface area (Å²) < 4.78 is 5.34. The van der Waals surface area contributed by atoms with Gasteiger partial charge in [-0.3, -0.25) is 19.7 Å². The monoisotopic (exact) mass is 322 g/mol. The van der Waals surface area contributed by atoms with Gasteiger partial charge in [0.15, 0.2) is 6.61 Å². The highest BCUT2D eigenvalue weighted by Crippen LogP contribution is 2.23. The fraction of sp³-hybridized carbons (Fsp3) is 0.467. The van der Waals surface area contributed by atoms with E-state index < -0.39 is 16.8 Å². The van der Waals surface area contributed by atoms with Crippen LogP contribution in [0.4, 0.5) is 5.69 Å².